The van der Waals surface area contributed by atoms with Gasteiger partial charge in [0.05, 0.1) is 29.0 Å². The standard InChI is InChI=1S/C22H17ClN4O2/c23-22-26-18-7-3-4-8-19(18)27(22)13-20(28)14-9-11-15(12-10-14)21(29)25-17-6-2-1-5-16(17)24/h1-12H,13,24H2,(H,25,29). The number of nitrogens with two attached hydrogens (primary N) is 1. The fourth-order valence-corrected chi connectivity index (χ4v) is 3.29. The van der Waals surface area contributed by atoms with Crippen LogP contribution in [-0.2, 0) is 6.54 Å². The van der Waals surface area contributed by atoms with Crippen LogP contribution >= 0.6 is 11.6 Å². The molecule has 0 saturated heterocycles. The molecule has 29 heavy (non-hydrogen) atoms. The van der Waals surface area contributed by atoms with Gasteiger partial charge >= 0.3 is 0 Å². The highest BCUT2D eigenvalue weighted by Crippen LogP contribution is 2.21. The first-order valence-corrected chi connectivity index (χ1v) is 9.30. The van der Waals surface area contributed by atoms with Crippen molar-refractivity contribution in [1.82, 2.24) is 9.55 Å². The highest BCUT2D eigenvalue weighted by atomic mass is 35.5. The molecule has 0 bridgehead atoms. The van der Waals surface area contributed by atoms with Crippen LogP contribution in [0.1, 0.15) is 20.7 Å². The molecular weight excluding hydrogens is 388 g/mol. The van der Waals surface area contributed by atoms with Crippen molar-refractivity contribution in [2.45, 2.75) is 6.54 Å². The summed E-state index contributed by atoms with van der Waals surface area (Å²) in [5.41, 5.74) is 9.31. The summed E-state index contributed by atoms with van der Waals surface area (Å²) in [6.45, 7) is 0.0610. The van der Waals surface area contributed by atoms with Gasteiger partial charge in [0.25, 0.3) is 5.91 Å². The second-order valence-electron chi connectivity index (χ2n) is 6.50. The van der Waals surface area contributed by atoms with E-state index in [1.807, 2.05) is 24.3 Å². The largest absolute Gasteiger partial charge is 0.397 e. The fourth-order valence-electron chi connectivity index (χ4n) is 3.04. The second kappa shape index (κ2) is 7.77. The molecule has 6 nitrogen and oxygen atoms in total. The molecule has 0 aliphatic rings. The van der Waals surface area contributed by atoms with Gasteiger partial charge in [-0.25, -0.2) is 4.98 Å². The maximum Gasteiger partial charge on any atom is 0.255 e. The lowest BCUT2D eigenvalue weighted by molar-refractivity contribution is 0.0971. The van der Waals surface area contributed by atoms with Gasteiger partial charge in [0.2, 0.25) is 5.28 Å². The van der Waals surface area contributed by atoms with E-state index in [4.69, 9.17) is 17.3 Å². The Morgan fingerprint density at radius 3 is 2.34 bits per heavy atom. The molecule has 1 amide bonds. The fraction of sp³-hybridized carbons (Fsp3) is 0.0455. The number of para-hydroxylation sites is 4. The molecule has 0 radical (unpaired) electrons. The third-order valence-corrected chi connectivity index (χ3v) is 4.88. The molecule has 7 heteroatoms. The lowest BCUT2D eigenvalue weighted by Gasteiger charge is -2.09. The number of carbonyl (C=O) groups is 2. The van der Waals surface area contributed by atoms with Crippen molar-refractivity contribution in [3.8, 4) is 0 Å². The molecule has 3 N–H and O–H groups in total. The van der Waals surface area contributed by atoms with Gasteiger partial charge in [-0.2, -0.15) is 0 Å². The Balaban J connectivity index is 1.50. The zero-order chi connectivity index (χ0) is 20.4. The first-order valence-electron chi connectivity index (χ1n) is 8.93. The number of nitrogens with one attached hydrogen (secondary N) is 1. The molecule has 144 valence electrons. The van der Waals surface area contributed by atoms with E-state index in [9.17, 15) is 9.59 Å². The van der Waals surface area contributed by atoms with Crippen molar-refractivity contribution >= 4 is 45.7 Å². The Kier molecular flexibility index (Phi) is 5.01. The Hall–Kier alpha value is -3.64. The molecule has 0 aliphatic carbocycles. The van der Waals surface area contributed by atoms with Crippen LogP contribution in [0.25, 0.3) is 11.0 Å². The van der Waals surface area contributed by atoms with Gasteiger partial charge in [-0.05, 0) is 48.0 Å². The molecule has 4 rings (SSSR count). The van der Waals surface area contributed by atoms with E-state index in [1.54, 1.807) is 53.1 Å². The smallest absolute Gasteiger partial charge is 0.255 e. The molecule has 0 saturated carbocycles. The number of ketones is 1. The topological polar surface area (TPSA) is 90.0 Å². The number of imidazole rings is 1. The first-order chi connectivity index (χ1) is 14.0. The summed E-state index contributed by atoms with van der Waals surface area (Å²) in [7, 11) is 0. The van der Waals surface area contributed by atoms with Crippen molar-refractivity contribution < 1.29 is 9.59 Å². The zero-order valence-corrected chi connectivity index (χ0v) is 16.1. The minimum Gasteiger partial charge on any atom is -0.397 e. The van der Waals surface area contributed by atoms with Gasteiger partial charge in [0.1, 0.15) is 0 Å². The van der Waals surface area contributed by atoms with Gasteiger partial charge in [-0.3, -0.25) is 9.59 Å². The number of benzene rings is 3. The number of halogens is 1. The third kappa shape index (κ3) is 3.83. The molecule has 4 aromatic rings. The van der Waals surface area contributed by atoms with Crippen molar-refractivity contribution in [2.24, 2.45) is 0 Å². The average molecular weight is 405 g/mol. The summed E-state index contributed by atoms with van der Waals surface area (Å²) in [5.74, 6) is -0.431. The van der Waals surface area contributed by atoms with E-state index in [2.05, 4.69) is 10.3 Å². The van der Waals surface area contributed by atoms with Crippen LogP contribution in [0.3, 0.4) is 0 Å². The van der Waals surface area contributed by atoms with Crippen LogP contribution in [-0.4, -0.2) is 21.2 Å². The monoisotopic (exact) mass is 404 g/mol. The number of nitrogens with zero attached hydrogens (tertiary/aromatic N) is 2. The van der Waals surface area contributed by atoms with Gasteiger partial charge < -0.3 is 15.6 Å². The molecule has 0 fully saturated rings. The Morgan fingerprint density at radius 2 is 1.59 bits per heavy atom. The quantitative estimate of drug-likeness (QED) is 0.381. The van der Waals surface area contributed by atoms with Crippen molar-refractivity contribution in [3.05, 3.63) is 89.2 Å². The van der Waals surface area contributed by atoms with Crippen LogP contribution in [0, 0.1) is 0 Å². The van der Waals surface area contributed by atoms with E-state index < -0.39 is 0 Å². The molecule has 0 atom stereocenters. The molecular formula is C22H17ClN4O2. The first kappa shape index (κ1) is 18.7. The number of rotatable bonds is 5. The summed E-state index contributed by atoms with van der Waals surface area (Å²) < 4.78 is 1.66. The van der Waals surface area contributed by atoms with Crippen LogP contribution in [0.15, 0.2) is 72.8 Å². The van der Waals surface area contributed by atoms with Crippen molar-refractivity contribution in [2.75, 3.05) is 11.1 Å². The Bertz CT molecular complexity index is 1220. The van der Waals surface area contributed by atoms with Crippen molar-refractivity contribution in [1.29, 1.82) is 0 Å². The number of aromatic nitrogens is 2. The normalized spacial score (nSPS) is 10.8. The van der Waals surface area contributed by atoms with E-state index in [-0.39, 0.29) is 23.5 Å². The Labute approximate surface area is 171 Å². The zero-order valence-electron chi connectivity index (χ0n) is 15.3. The molecule has 0 unspecified atom stereocenters. The number of hydrogen-bond donors (Lipinski definition) is 2. The molecule has 1 aromatic heterocycles. The number of Topliss-reactive ketones (excluding diaryl/α,β-unsaturated/α-hetero) is 1. The minimum absolute atomic E-state index is 0.0610. The van der Waals surface area contributed by atoms with Crippen LogP contribution in [0.2, 0.25) is 5.28 Å². The van der Waals surface area contributed by atoms with Gasteiger partial charge in [-0.15, -0.1) is 0 Å². The lowest BCUT2D eigenvalue weighted by atomic mass is 10.1. The van der Waals surface area contributed by atoms with Crippen molar-refractivity contribution in [3.63, 3.8) is 0 Å². The molecule has 0 spiro atoms. The summed E-state index contributed by atoms with van der Waals surface area (Å²) >= 11 is 6.19. The Morgan fingerprint density at radius 1 is 0.931 bits per heavy atom. The number of nitrogen functional groups attached to an aromatic ring is 1. The number of hydrogen-bond acceptors (Lipinski definition) is 4. The van der Waals surface area contributed by atoms with Gasteiger partial charge in [0, 0.05) is 11.1 Å². The van der Waals surface area contributed by atoms with Crippen LogP contribution in [0.5, 0.6) is 0 Å². The SMILES string of the molecule is Nc1ccccc1NC(=O)c1ccc(C(=O)Cn2c(Cl)nc3ccccc32)cc1. The van der Waals surface area contributed by atoms with Gasteiger partial charge in [0.15, 0.2) is 5.78 Å². The summed E-state index contributed by atoms with van der Waals surface area (Å²) in [4.78, 5) is 29.4. The maximum absolute atomic E-state index is 12.7. The molecule has 1 heterocycles. The highest BCUT2D eigenvalue weighted by Gasteiger charge is 2.14. The predicted octanol–water partition coefficient (Wildman–Crippen LogP) is 4.41. The maximum atomic E-state index is 12.7. The third-order valence-electron chi connectivity index (χ3n) is 4.59. The predicted molar refractivity (Wildman–Crippen MR) is 114 cm³/mol. The second-order valence-corrected chi connectivity index (χ2v) is 6.84. The van der Waals surface area contributed by atoms with Crippen LogP contribution < -0.4 is 11.1 Å². The highest BCUT2D eigenvalue weighted by molar-refractivity contribution is 6.29. The molecule has 3 aromatic carbocycles. The number of anilines is 2. The summed E-state index contributed by atoms with van der Waals surface area (Å²) in [5, 5.41) is 3.02. The summed E-state index contributed by atoms with van der Waals surface area (Å²) in [6.07, 6.45) is 0. The minimum atomic E-state index is -0.300. The number of fused-ring (bicyclic) bond motifs is 1. The average Bonchev–Trinajstić information content (AvgIpc) is 3.05. The van der Waals surface area contributed by atoms with E-state index in [0.29, 0.717) is 22.5 Å². The van der Waals surface area contributed by atoms with Crippen LogP contribution in [0.4, 0.5) is 11.4 Å². The molecule has 0 aliphatic heterocycles. The van der Waals surface area contributed by atoms with E-state index in [0.717, 1.165) is 11.0 Å². The number of carbonyl (C=O) groups excluding carboxylic acids is 2. The van der Waals surface area contributed by atoms with Gasteiger partial charge in [-0.1, -0.05) is 36.4 Å². The van der Waals surface area contributed by atoms with E-state index >= 15 is 0 Å². The lowest BCUT2D eigenvalue weighted by Crippen LogP contribution is -2.14. The number of amides is 1. The summed E-state index contributed by atoms with van der Waals surface area (Å²) in [6, 6.07) is 20.9. The van der Waals surface area contributed by atoms with E-state index in [1.165, 1.54) is 0 Å².